The predicted molar refractivity (Wildman–Crippen MR) is 110 cm³/mol. The first-order chi connectivity index (χ1) is 11.9. The fraction of sp³-hybridized carbons (Fsp3) is 0.727. The Morgan fingerprint density at radius 3 is 1.21 bits per heavy atom. The van der Waals surface area contributed by atoms with E-state index >= 15 is 0 Å². The Morgan fingerprint density at radius 2 is 0.833 bits per heavy atom. The minimum absolute atomic E-state index is 0.959. The largest absolute Gasteiger partial charge is 0.285 e. The van der Waals surface area contributed by atoms with Crippen molar-refractivity contribution in [2.24, 2.45) is 9.98 Å². The number of hydrogen-bond donors (Lipinski definition) is 0. The molecule has 0 saturated heterocycles. The maximum absolute atomic E-state index is 4.66. The van der Waals surface area contributed by atoms with Gasteiger partial charge in [0.05, 0.1) is 11.4 Å². The van der Waals surface area contributed by atoms with E-state index in [9.17, 15) is 0 Å². The van der Waals surface area contributed by atoms with Gasteiger partial charge in [-0.25, -0.2) is 0 Å². The summed E-state index contributed by atoms with van der Waals surface area (Å²) in [4.78, 5) is 9.32. The van der Waals surface area contributed by atoms with Crippen molar-refractivity contribution in [3.05, 3.63) is 24.3 Å². The Bertz CT molecular complexity index is 360. The Balaban J connectivity index is 2.09. The van der Waals surface area contributed by atoms with Crippen LogP contribution in [0.5, 0.6) is 0 Å². The number of rotatable bonds is 14. The van der Waals surface area contributed by atoms with E-state index in [0.29, 0.717) is 0 Å². The van der Waals surface area contributed by atoms with Crippen molar-refractivity contribution in [1.29, 1.82) is 0 Å². The van der Waals surface area contributed by atoms with Crippen LogP contribution in [0.2, 0.25) is 0 Å². The Kier molecular flexibility index (Phi) is 13.3. The summed E-state index contributed by atoms with van der Waals surface area (Å²) in [6, 6.07) is 0. The summed E-state index contributed by atoms with van der Waals surface area (Å²) in [5, 5.41) is 0. The molecule has 1 rings (SSSR count). The molecule has 0 radical (unpaired) electrons. The lowest BCUT2D eigenvalue weighted by molar-refractivity contribution is 0.612. The molecule has 0 aliphatic heterocycles. The van der Waals surface area contributed by atoms with Gasteiger partial charge in [0.1, 0.15) is 0 Å². The van der Waals surface area contributed by atoms with Crippen LogP contribution in [-0.2, 0) is 0 Å². The summed E-state index contributed by atoms with van der Waals surface area (Å²) < 4.78 is 0. The average molecular weight is 331 g/mol. The van der Waals surface area contributed by atoms with Gasteiger partial charge < -0.3 is 0 Å². The lowest BCUT2D eigenvalue weighted by Gasteiger charge is -2.04. The summed E-state index contributed by atoms with van der Waals surface area (Å²) in [6.07, 6.45) is 24.4. The van der Waals surface area contributed by atoms with Gasteiger partial charge in [-0.1, -0.05) is 78.1 Å². The molecule has 0 aromatic heterocycles. The molecule has 1 aliphatic carbocycles. The highest BCUT2D eigenvalue weighted by Gasteiger charge is 1.98. The number of unbranched alkanes of at least 4 members (excludes halogenated alkanes) is 10. The van der Waals surface area contributed by atoms with Crippen molar-refractivity contribution in [3.8, 4) is 0 Å². The molecular weight excluding hydrogens is 292 g/mol. The summed E-state index contributed by atoms with van der Waals surface area (Å²) >= 11 is 0. The molecule has 24 heavy (non-hydrogen) atoms. The van der Waals surface area contributed by atoms with Crippen LogP contribution in [0.25, 0.3) is 0 Å². The molecule has 0 bridgehead atoms. The Hall–Kier alpha value is -1.18. The van der Waals surface area contributed by atoms with Gasteiger partial charge in [-0.3, -0.25) is 9.98 Å². The first-order valence-electron chi connectivity index (χ1n) is 10.3. The van der Waals surface area contributed by atoms with Gasteiger partial charge in [-0.2, -0.15) is 0 Å². The zero-order valence-corrected chi connectivity index (χ0v) is 16.1. The molecule has 0 aromatic carbocycles. The molecule has 0 spiro atoms. The zero-order chi connectivity index (χ0) is 17.3. The Labute approximate surface area is 150 Å². The van der Waals surface area contributed by atoms with Crippen molar-refractivity contribution in [2.45, 2.75) is 90.9 Å². The molecule has 136 valence electrons. The molecule has 0 N–H and O–H groups in total. The minimum Gasteiger partial charge on any atom is -0.285 e. The van der Waals surface area contributed by atoms with E-state index in [1.54, 1.807) is 0 Å². The summed E-state index contributed by atoms with van der Waals surface area (Å²) in [5.41, 5.74) is 2.20. The van der Waals surface area contributed by atoms with Crippen molar-refractivity contribution in [1.82, 2.24) is 0 Å². The SMILES string of the molecule is CCCCCCCCN=C1C=CC(=NCCCCCCCC)C=C1. The predicted octanol–water partition coefficient (Wildman–Crippen LogP) is 6.72. The van der Waals surface area contributed by atoms with E-state index < -0.39 is 0 Å². The van der Waals surface area contributed by atoms with Crippen LogP contribution < -0.4 is 0 Å². The van der Waals surface area contributed by atoms with Gasteiger partial charge >= 0.3 is 0 Å². The first-order valence-corrected chi connectivity index (χ1v) is 10.3. The first kappa shape index (κ1) is 20.9. The molecule has 1 aliphatic rings. The third-order valence-corrected chi connectivity index (χ3v) is 4.46. The molecular formula is C22H38N2. The van der Waals surface area contributed by atoms with Gasteiger partial charge in [-0.15, -0.1) is 0 Å². The van der Waals surface area contributed by atoms with Crippen LogP contribution in [0, 0.1) is 0 Å². The number of allylic oxidation sites excluding steroid dienone is 4. The number of nitrogens with zero attached hydrogens (tertiary/aromatic N) is 2. The van der Waals surface area contributed by atoms with Gasteiger partial charge in [0, 0.05) is 13.1 Å². The topological polar surface area (TPSA) is 24.7 Å². The smallest absolute Gasteiger partial charge is 0.0575 e. The molecule has 0 unspecified atom stereocenters. The molecule has 0 amide bonds. The second-order valence-electron chi connectivity index (χ2n) is 6.82. The van der Waals surface area contributed by atoms with E-state index in [1.165, 1.54) is 77.0 Å². The quantitative estimate of drug-likeness (QED) is 0.249. The highest BCUT2D eigenvalue weighted by atomic mass is 14.7. The highest BCUT2D eigenvalue weighted by Crippen LogP contribution is 2.07. The minimum atomic E-state index is 0.959. The summed E-state index contributed by atoms with van der Waals surface area (Å²) in [7, 11) is 0. The van der Waals surface area contributed by atoms with Crippen LogP contribution in [0.4, 0.5) is 0 Å². The van der Waals surface area contributed by atoms with Crippen LogP contribution in [0.1, 0.15) is 90.9 Å². The third-order valence-electron chi connectivity index (χ3n) is 4.46. The van der Waals surface area contributed by atoms with Crippen LogP contribution in [-0.4, -0.2) is 24.5 Å². The van der Waals surface area contributed by atoms with Crippen molar-refractivity contribution in [2.75, 3.05) is 13.1 Å². The average Bonchev–Trinajstić information content (AvgIpc) is 2.61. The standard InChI is InChI=1S/C22H38N2/c1-3-5-7-9-11-13-19-23-21-15-17-22(18-16-21)24-20-14-12-10-8-6-4-2/h15-18H,3-14,19-20H2,1-2H3. The van der Waals surface area contributed by atoms with Crippen LogP contribution >= 0.6 is 0 Å². The molecule has 2 nitrogen and oxygen atoms in total. The lowest BCUT2D eigenvalue weighted by Crippen LogP contribution is -2.02. The maximum atomic E-state index is 4.66. The third kappa shape index (κ3) is 11.4. The van der Waals surface area contributed by atoms with E-state index in [4.69, 9.17) is 0 Å². The van der Waals surface area contributed by atoms with Crippen molar-refractivity contribution >= 4 is 11.4 Å². The Morgan fingerprint density at radius 1 is 0.500 bits per heavy atom. The normalized spacial score (nSPS) is 13.6. The number of hydrogen-bond acceptors (Lipinski definition) is 2. The second kappa shape index (κ2) is 15.4. The molecule has 2 heteroatoms. The highest BCUT2D eigenvalue weighted by molar-refractivity contribution is 6.18. The molecule has 0 fully saturated rings. The van der Waals surface area contributed by atoms with E-state index in [2.05, 4.69) is 48.1 Å². The van der Waals surface area contributed by atoms with Gasteiger partial charge in [0.2, 0.25) is 0 Å². The molecule has 0 atom stereocenters. The van der Waals surface area contributed by atoms with Crippen molar-refractivity contribution in [3.63, 3.8) is 0 Å². The van der Waals surface area contributed by atoms with Crippen molar-refractivity contribution < 1.29 is 0 Å². The summed E-state index contributed by atoms with van der Waals surface area (Å²) in [5.74, 6) is 0. The fourth-order valence-corrected chi connectivity index (χ4v) is 2.86. The van der Waals surface area contributed by atoms with E-state index in [0.717, 1.165) is 24.5 Å². The summed E-state index contributed by atoms with van der Waals surface area (Å²) in [6.45, 7) is 6.44. The monoisotopic (exact) mass is 330 g/mol. The van der Waals surface area contributed by atoms with E-state index in [1.807, 2.05) is 0 Å². The lowest BCUT2D eigenvalue weighted by atomic mass is 10.1. The number of aliphatic imine (C=N–C) groups is 2. The second-order valence-corrected chi connectivity index (χ2v) is 6.82. The molecule has 0 saturated carbocycles. The fourth-order valence-electron chi connectivity index (χ4n) is 2.86. The van der Waals surface area contributed by atoms with Crippen LogP contribution in [0.3, 0.4) is 0 Å². The van der Waals surface area contributed by atoms with Crippen LogP contribution in [0.15, 0.2) is 34.3 Å². The van der Waals surface area contributed by atoms with Gasteiger partial charge in [0.15, 0.2) is 0 Å². The maximum Gasteiger partial charge on any atom is 0.0575 e. The van der Waals surface area contributed by atoms with Gasteiger partial charge in [0.25, 0.3) is 0 Å². The van der Waals surface area contributed by atoms with Gasteiger partial charge in [-0.05, 0) is 37.1 Å². The zero-order valence-electron chi connectivity index (χ0n) is 16.1. The van der Waals surface area contributed by atoms with E-state index in [-0.39, 0.29) is 0 Å². The molecule has 0 aromatic rings. The molecule has 0 heterocycles.